The van der Waals surface area contributed by atoms with E-state index in [-0.39, 0.29) is 5.69 Å². The predicted molar refractivity (Wildman–Crippen MR) is 88.6 cm³/mol. The minimum absolute atomic E-state index is 0.0220. The molecule has 0 aliphatic heterocycles. The van der Waals surface area contributed by atoms with Gasteiger partial charge in [-0.3, -0.25) is 9.13 Å². The molecule has 0 aliphatic rings. The molecule has 0 bridgehead atoms. The maximum absolute atomic E-state index is 12.0. The van der Waals surface area contributed by atoms with E-state index in [1.54, 1.807) is 9.13 Å². The van der Waals surface area contributed by atoms with Crippen molar-refractivity contribution in [1.82, 2.24) is 9.13 Å². The van der Waals surface area contributed by atoms with Gasteiger partial charge in [-0.25, -0.2) is 4.79 Å². The molecule has 0 unspecified atom stereocenters. The van der Waals surface area contributed by atoms with Crippen molar-refractivity contribution in [2.75, 3.05) is 0 Å². The van der Waals surface area contributed by atoms with Crippen LogP contribution >= 0.6 is 0 Å². The van der Waals surface area contributed by atoms with Crippen molar-refractivity contribution in [1.29, 1.82) is 0 Å². The molecule has 1 atom stereocenters. The van der Waals surface area contributed by atoms with Gasteiger partial charge < -0.3 is 5.32 Å². The topological polar surface area (TPSA) is 43.5 Å². The summed E-state index contributed by atoms with van der Waals surface area (Å²) in [4.78, 5) is 12.0. The highest BCUT2D eigenvalue weighted by Crippen LogP contribution is 2.14. The second-order valence-electron chi connectivity index (χ2n) is 5.86. The van der Waals surface area contributed by atoms with E-state index < -0.39 is 0 Å². The van der Waals surface area contributed by atoms with Crippen molar-refractivity contribution in [3.8, 4) is 0 Å². The largest absolute Gasteiger partial charge is 0.337 e. The average Bonchev–Trinajstić information content (AvgIpc) is 2.78. The van der Waals surface area contributed by atoms with E-state index in [1.165, 1.54) is 11.1 Å². The first-order valence-electron chi connectivity index (χ1n) is 7.60. The number of aryl methyl sites for hydroxylation is 2. The van der Waals surface area contributed by atoms with Crippen molar-refractivity contribution in [3.63, 3.8) is 0 Å². The van der Waals surface area contributed by atoms with Crippen LogP contribution in [0.3, 0.4) is 0 Å². The molecule has 0 saturated carbocycles. The van der Waals surface area contributed by atoms with Crippen LogP contribution in [-0.2, 0) is 20.6 Å². The lowest BCUT2D eigenvalue weighted by Crippen LogP contribution is -2.83. The Morgan fingerprint density at radius 1 is 1.00 bits per heavy atom. The summed E-state index contributed by atoms with van der Waals surface area (Å²) in [5, 5.41) is 2.32. The van der Waals surface area contributed by atoms with E-state index in [4.69, 9.17) is 0 Å². The molecule has 0 fully saturated rings. The maximum atomic E-state index is 12.0. The standard InChI is InChI=1S/C18H21N3O/c1-13(15-7-5-4-6-8-15)19-12-14-9-10-16-17(11-14)21(3)18(22)20(16)2/h4-11,13,19H,12H2,1-3H3/p+1/t13-/m1/s1. The molecule has 1 heterocycles. The normalized spacial score (nSPS) is 12.7. The van der Waals surface area contributed by atoms with Crippen molar-refractivity contribution in [2.24, 2.45) is 14.1 Å². The molecule has 1 aromatic heterocycles. The van der Waals surface area contributed by atoms with Gasteiger partial charge in [-0.2, -0.15) is 0 Å². The predicted octanol–water partition coefficient (Wildman–Crippen LogP) is 1.70. The maximum Gasteiger partial charge on any atom is 0.328 e. The van der Waals surface area contributed by atoms with Crippen LogP contribution in [0.25, 0.3) is 11.0 Å². The van der Waals surface area contributed by atoms with Crippen molar-refractivity contribution in [2.45, 2.75) is 19.5 Å². The fraction of sp³-hybridized carbons (Fsp3) is 0.278. The highest BCUT2D eigenvalue weighted by Gasteiger charge is 2.11. The van der Waals surface area contributed by atoms with Crippen LogP contribution in [0.15, 0.2) is 53.3 Å². The SMILES string of the molecule is C[C@@H]([NH2+]Cc1ccc2c(c1)n(C)c(=O)n2C)c1ccccc1. The van der Waals surface area contributed by atoms with Gasteiger partial charge in [0.25, 0.3) is 0 Å². The Bertz CT molecular complexity index is 846. The minimum Gasteiger partial charge on any atom is -0.337 e. The smallest absolute Gasteiger partial charge is 0.328 e. The monoisotopic (exact) mass is 296 g/mol. The van der Waals surface area contributed by atoms with Gasteiger partial charge in [-0.05, 0) is 19.1 Å². The summed E-state index contributed by atoms with van der Waals surface area (Å²) in [5.41, 5.74) is 4.55. The van der Waals surface area contributed by atoms with Crippen LogP contribution in [0.1, 0.15) is 24.1 Å². The number of aromatic nitrogens is 2. The Hall–Kier alpha value is -2.33. The molecule has 0 saturated heterocycles. The van der Waals surface area contributed by atoms with Crippen molar-refractivity contribution in [3.05, 3.63) is 70.1 Å². The Labute approximate surface area is 130 Å². The van der Waals surface area contributed by atoms with Gasteiger partial charge in [-0.15, -0.1) is 0 Å². The lowest BCUT2D eigenvalue weighted by Gasteiger charge is -2.11. The first kappa shape index (κ1) is 14.6. The molecule has 2 aromatic carbocycles. The zero-order chi connectivity index (χ0) is 15.7. The minimum atomic E-state index is 0.0220. The van der Waals surface area contributed by atoms with Crippen molar-refractivity contribution < 1.29 is 5.32 Å². The summed E-state index contributed by atoms with van der Waals surface area (Å²) in [6.45, 7) is 3.11. The number of hydrogen-bond donors (Lipinski definition) is 1. The second-order valence-corrected chi connectivity index (χ2v) is 5.86. The Morgan fingerprint density at radius 2 is 1.68 bits per heavy atom. The number of imidazole rings is 1. The molecule has 3 rings (SSSR count). The van der Waals surface area contributed by atoms with Crippen molar-refractivity contribution >= 4 is 11.0 Å². The van der Waals surface area contributed by atoms with Gasteiger partial charge in [0.05, 0.1) is 11.0 Å². The number of nitrogens with zero attached hydrogens (tertiary/aromatic N) is 2. The number of hydrogen-bond acceptors (Lipinski definition) is 1. The summed E-state index contributed by atoms with van der Waals surface area (Å²) >= 11 is 0. The molecule has 4 nitrogen and oxygen atoms in total. The zero-order valence-corrected chi connectivity index (χ0v) is 13.3. The first-order chi connectivity index (χ1) is 10.6. The summed E-state index contributed by atoms with van der Waals surface area (Å²) in [6, 6.07) is 17.2. The van der Waals surface area contributed by atoms with E-state index in [1.807, 2.05) is 26.2 Å². The van der Waals surface area contributed by atoms with Gasteiger partial charge in [0.15, 0.2) is 0 Å². The van der Waals surface area contributed by atoms with Gasteiger partial charge >= 0.3 is 5.69 Å². The number of quaternary nitrogens is 1. The molecule has 0 aliphatic carbocycles. The van der Waals surface area contributed by atoms with Crippen LogP contribution in [0, 0.1) is 0 Å². The Balaban J connectivity index is 1.80. The molecule has 0 radical (unpaired) electrons. The van der Waals surface area contributed by atoms with Gasteiger partial charge in [0.1, 0.15) is 12.6 Å². The highest BCUT2D eigenvalue weighted by molar-refractivity contribution is 5.76. The quantitative estimate of drug-likeness (QED) is 0.782. The molecule has 0 spiro atoms. The molecule has 3 aromatic rings. The zero-order valence-electron chi connectivity index (χ0n) is 13.3. The van der Waals surface area contributed by atoms with Gasteiger partial charge in [-0.1, -0.05) is 36.4 Å². The molecule has 0 amide bonds. The molecule has 2 N–H and O–H groups in total. The van der Waals surface area contributed by atoms with E-state index in [2.05, 4.69) is 48.6 Å². The highest BCUT2D eigenvalue weighted by atomic mass is 16.1. The fourth-order valence-electron chi connectivity index (χ4n) is 2.88. The Morgan fingerprint density at radius 3 is 2.41 bits per heavy atom. The third-order valence-corrected chi connectivity index (χ3v) is 4.37. The van der Waals surface area contributed by atoms with E-state index in [0.29, 0.717) is 6.04 Å². The van der Waals surface area contributed by atoms with E-state index >= 15 is 0 Å². The summed E-state index contributed by atoms with van der Waals surface area (Å²) < 4.78 is 3.40. The number of benzene rings is 2. The van der Waals surface area contributed by atoms with Crippen LogP contribution in [0.2, 0.25) is 0 Å². The molecule has 114 valence electrons. The first-order valence-corrected chi connectivity index (χ1v) is 7.60. The Kier molecular flexibility index (Phi) is 3.86. The summed E-state index contributed by atoms with van der Waals surface area (Å²) in [6.07, 6.45) is 0. The van der Waals surface area contributed by atoms with E-state index in [0.717, 1.165) is 17.6 Å². The third kappa shape index (κ3) is 2.57. The molecular formula is C18H22N3O+. The number of nitrogens with two attached hydrogens (primary N) is 1. The third-order valence-electron chi connectivity index (χ3n) is 4.37. The van der Waals surface area contributed by atoms with Crippen LogP contribution < -0.4 is 11.0 Å². The molecule has 22 heavy (non-hydrogen) atoms. The van der Waals surface area contributed by atoms with Gasteiger partial charge in [0, 0.05) is 25.2 Å². The second kappa shape index (κ2) is 5.81. The number of fused-ring (bicyclic) bond motifs is 1. The van der Waals surface area contributed by atoms with Crippen LogP contribution in [-0.4, -0.2) is 9.13 Å². The lowest BCUT2D eigenvalue weighted by atomic mass is 10.1. The van der Waals surface area contributed by atoms with Gasteiger partial charge in [0.2, 0.25) is 0 Å². The van der Waals surface area contributed by atoms with Crippen LogP contribution in [0.4, 0.5) is 0 Å². The number of rotatable bonds is 4. The van der Waals surface area contributed by atoms with Crippen LogP contribution in [0.5, 0.6) is 0 Å². The average molecular weight is 296 g/mol. The molecule has 4 heteroatoms. The molecular weight excluding hydrogens is 274 g/mol. The fourth-order valence-corrected chi connectivity index (χ4v) is 2.88. The lowest BCUT2D eigenvalue weighted by molar-refractivity contribution is -0.707. The summed E-state index contributed by atoms with van der Waals surface area (Å²) in [7, 11) is 3.64. The summed E-state index contributed by atoms with van der Waals surface area (Å²) in [5.74, 6) is 0. The van der Waals surface area contributed by atoms with E-state index in [9.17, 15) is 4.79 Å².